The molecule has 7 heteroatoms. The lowest BCUT2D eigenvalue weighted by Gasteiger charge is -2.12. The SMILES string of the molecule is Cc1cccc(CN2C(=O)N/C(=C/c3cc(C)n(-c4sc5c(c4C#N)CCCC5)c3C)C2=O)c1. The third-order valence-corrected chi connectivity index (χ3v) is 7.90. The third-order valence-electron chi connectivity index (χ3n) is 6.62. The highest BCUT2D eigenvalue weighted by molar-refractivity contribution is 7.15. The van der Waals surface area contributed by atoms with Gasteiger partial charge >= 0.3 is 6.03 Å². The summed E-state index contributed by atoms with van der Waals surface area (Å²) in [4.78, 5) is 28.2. The van der Waals surface area contributed by atoms with Gasteiger partial charge in [-0.05, 0) is 75.3 Å². The minimum atomic E-state index is -0.413. The molecule has 1 aliphatic carbocycles. The highest BCUT2D eigenvalue weighted by Gasteiger charge is 2.34. The highest BCUT2D eigenvalue weighted by atomic mass is 32.1. The van der Waals surface area contributed by atoms with Crippen molar-refractivity contribution in [3.05, 3.63) is 80.1 Å². The van der Waals surface area contributed by atoms with Crippen molar-refractivity contribution < 1.29 is 9.59 Å². The van der Waals surface area contributed by atoms with Crippen molar-refractivity contribution in [3.8, 4) is 11.1 Å². The lowest BCUT2D eigenvalue weighted by Crippen LogP contribution is -2.30. The van der Waals surface area contributed by atoms with Crippen molar-refractivity contribution >= 4 is 29.4 Å². The Labute approximate surface area is 203 Å². The summed E-state index contributed by atoms with van der Waals surface area (Å²) in [5.74, 6) is -0.333. The summed E-state index contributed by atoms with van der Waals surface area (Å²) in [6, 6.07) is 11.8. The van der Waals surface area contributed by atoms with E-state index in [1.165, 1.54) is 21.8 Å². The first-order valence-electron chi connectivity index (χ1n) is 11.5. The number of nitrogens with zero attached hydrogens (tertiary/aromatic N) is 3. The van der Waals surface area contributed by atoms with Crippen molar-refractivity contribution in [3.63, 3.8) is 0 Å². The van der Waals surface area contributed by atoms with E-state index in [0.717, 1.165) is 57.9 Å². The molecule has 3 aromatic rings. The maximum atomic E-state index is 13.0. The number of nitrogens with one attached hydrogen (secondary N) is 1. The summed E-state index contributed by atoms with van der Waals surface area (Å²) in [6.07, 6.45) is 6.03. The molecule has 1 aliphatic heterocycles. The Morgan fingerprint density at radius 3 is 2.71 bits per heavy atom. The first-order valence-corrected chi connectivity index (χ1v) is 12.3. The molecule has 0 saturated carbocycles. The van der Waals surface area contributed by atoms with Crippen LogP contribution in [0.3, 0.4) is 0 Å². The van der Waals surface area contributed by atoms with Crippen molar-refractivity contribution in [2.45, 2.75) is 53.0 Å². The molecule has 0 spiro atoms. The quantitative estimate of drug-likeness (QED) is 0.415. The standard InChI is InChI=1S/C27H26N4O2S/c1-16-7-6-8-19(11-16)15-30-25(32)23(29-27(30)33)13-20-12-17(2)31(18(20)3)26-22(14-28)21-9-4-5-10-24(21)34-26/h6-8,11-13H,4-5,9-10,15H2,1-3H3,(H,29,33)/b23-13+. The van der Waals surface area contributed by atoms with E-state index in [0.29, 0.717) is 0 Å². The van der Waals surface area contributed by atoms with Crippen molar-refractivity contribution in [2.75, 3.05) is 0 Å². The monoisotopic (exact) mass is 470 g/mol. The Kier molecular flexibility index (Phi) is 5.62. The molecule has 5 rings (SSSR count). The van der Waals surface area contributed by atoms with E-state index in [9.17, 15) is 14.9 Å². The summed E-state index contributed by atoms with van der Waals surface area (Å²) in [6.45, 7) is 6.21. The highest BCUT2D eigenvalue weighted by Crippen LogP contribution is 2.38. The molecule has 0 bridgehead atoms. The number of carbonyl (C=O) groups is 2. The van der Waals surface area contributed by atoms with Crippen molar-refractivity contribution in [2.24, 2.45) is 0 Å². The zero-order valence-corrected chi connectivity index (χ0v) is 20.4. The molecule has 3 amide bonds. The lowest BCUT2D eigenvalue weighted by molar-refractivity contribution is -0.123. The number of aryl methyl sites for hydroxylation is 3. The van der Waals surface area contributed by atoms with Crippen molar-refractivity contribution in [1.82, 2.24) is 14.8 Å². The Morgan fingerprint density at radius 1 is 1.15 bits per heavy atom. The summed E-state index contributed by atoms with van der Waals surface area (Å²) in [7, 11) is 0. The molecule has 1 fully saturated rings. The van der Waals surface area contributed by atoms with Crippen LogP contribution in [0.4, 0.5) is 4.79 Å². The molecule has 0 atom stereocenters. The fraction of sp³-hybridized carbons (Fsp3) is 0.296. The van der Waals surface area contributed by atoms with Gasteiger partial charge in [-0.1, -0.05) is 29.8 Å². The Balaban J connectivity index is 1.47. The van der Waals surface area contributed by atoms with Gasteiger partial charge in [0.15, 0.2) is 0 Å². The second-order valence-electron chi connectivity index (χ2n) is 9.03. The first-order chi connectivity index (χ1) is 16.4. The number of imide groups is 1. The molecule has 3 heterocycles. The molecule has 1 N–H and O–H groups in total. The Hall–Kier alpha value is -3.63. The second kappa shape index (κ2) is 8.62. The van der Waals surface area contributed by atoms with Crippen LogP contribution in [0.2, 0.25) is 0 Å². The largest absolute Gasteiger partial charge is 0.329 e. The lowest BCUT2D eigenvalue weighted by atomic mass is 9.96. The van der Waals surface area contributed by atoms with E-state index >= 15 is 0 Å². The van der Waals surface area contributed by atoms with Gasteiger partial charge in [0.25, 0.3) is 5.91 Å². The van der Waals surface area contributed by atoms with E-state index < -0.39 is 6.03 Å². The average molecular weight is 471 g/mol. The minimum Gasteiger partial charge on any atom is -0.308 e. The maximum absolute atomic E-state index is 13.0. The topological polar surface area (TPSA) is 78.1 Å². The number of hydrogen-bond donors (Lipinski definition) is 1. The number of amides is 3. The number of urea groups is 1. The normalized spacial score (nSPS) is 16.6. The molecule has 2 aromatic heterocycles. The number of fused-ring (bicyclic) bond motifs is 1. The van der Waals surface area contributed by atoms with Gasteiger partial charge in [0.05, 0.1) is 12.1 Å². The number of thiophene rings is 1. The molecule has 34 heavy (non-hydrogen) atoms. The van der Waals surface area contributed by atoms with Crippen LogP contribution in [0.5, 0.6) is 0 Å². The molecule has 6 nitrogen and oxygen atoms in total. The molecule has 0 unspecified atom stereocenters. The van der Waals surface area contributed by atoms with Crippen LogP contribution in [-0.4, -0.2) is 21.4 Å². The van der Waals surface area contributed by atoms with Gasteiger partial charge in [0.1, 0.15) is 16.8 Å². The predicted molar refractivity (Wildman–Crippen MR) is 133 cm³/mol. The maximum Gasteiger partial charge on any atom is 0.329 e. The van der Waals surface area contributed by atoms with Gasteiger partial charge in [-0.2, -0.15) is 5.26 Å². The average Bonchev–Trinajstić information content (AvgIpc) is 3.40. The van der Waals surface area contributed by atoms with Gasteiger partial charge in [-0.25, -0.2) is 4.79 Å². The number of hydrogen-bond acceptors (Lipinski definition) is 4. The predicted octanol–water partition coefficient (Wildman–Crippen LogP) is 5.31. The number of aromatic nitrogens is 1. The fourth-order valence-electron chi connectivity index (χ4n) is 4.93. The van der Waals surface area contributed by atoms with Gasteiger partial charge in [0.2, 0.25) is 0 Å². The molecular formula is C27H26N4O2S. The summed E-state index contributed by atoms with van der Waals surface area (Å²) >= 11 is 1.70. The van der Waals surface area contributed by atoms with Crippen LogP contribution in [0.1, 0.15) is 56.9 Å². The second-order valence-corrected chi connectivity index (χ2v) is 10.1. The van der Waals surface area contributed by atoms with Crippen LogP contribution in [0, 0.1) is 32.1 Å². The molecule has 1 saturated heterocycles. The minimum absolute atomic E-state index is 0.231. The smallest absolute Gasteiger partial charge is 0.308 e. The zero-order chi connectivity index (χ0) is 24.0. The molecule has 2 aliphatic rings. The van der Waals surface area contributed by atoms with Crippen LogP contribution in [0.15, 0.2) is 36.0 Å². The summed E-state index contributed by atoms with van der Waals surface area (Å²) in [5.41, 5.74) is 7.03. The fourth-order valence-corrected chi connectivity index (χ4v) is 6.38. The van der Waals surface area contributed by atoms with Crippen LogP contribution < -0.4 is 5.32 Å². The number of carbonyl (C=O) groups excluding carboxylic acids is 2. The number of nitriles is 1. The van der Waals surface area contributed by atoms with E-state index in [-0.39, 0.29) is 18.1 Å². The molecule has 172 valence electrons. The summed E-state index contributed by atoms with van der Waals surface area (Å²) < 4.78 is 2.11. The Morgan fingerprint density at radius 2 is 1.94 bits per heavy atom. The van der Waals surface area contributed by atoms with Gasteiger partial charge in [-0.15, -0.1) is 11.3 Å². The number of benzene rings is 1. The van der Waals surface area contributed by atoms with E-state index in [1.54, 1.807) is 17.4 Å². The summed E-state index contributed by atoms with van der Waals surface area (Å²) in [5, 5.41) is 13.6. The third kappa shape index (κ3) is 3.74. The van der Waals surface area contributed by atoms with Gasteiger partial charge in [0, 0.05) is 16.3 Å². The van der Waals surface area contributed by atoms with E-state index in [1.807, 2.05) is 51.1 Å². The van der Waals surface area contributed by atoms with E-state index in [2.05, 4.69) is 16.0 Å². The number of rotatable bonds is 4. The van der Waals surface area contributed by atoms with Crippen molar-refractivity contribution in [1.29, 1.82) is 5.26 Å². The molecular weight excluding hydrogens is 444 g/mol. The van der Waals surface area contributed by atoms with Crippen LogP contribution in [0.25, 0.3) is 11.1 Å². The van der Waals surface area contributed by atoms with Gasteiger partial charge in [-0.3, -0.25) is 9.69 Å². The van der Waals surface area contributed by atoms with Crippen LogP contribution in [-0.2, 0) is 24.2 Å². The Bertz CT molecular complexity index is 1400. The van der Waals surface area contributed by atoms with Crippen LogP contribution >= 0.6 is 11.3 Å². The zero-order valence-electron chi connectivity index (χ0n) is 19.6. The molecule has 0 radical (unpaired) electrons. The molecule has 1 aromatic carbocycles. The van der Waals surface area contributed by atoms with Gasteiger partial charge < -0.3 is 9.88 Å². The van der Waals surface area contributed by atoms with E-state index in [4.69, 9.17) is 0 Å². The first kappa shape index (κ1) is 22.2.